The topological polar surface area (TPSA) is 44.8 Å². The molecular formula is C20H24O4. The van der Waals surface area contributed by atoms with E-state index in [1.54, 1.807) is 0 Å². The van der Waals surface area contributed by atoms with Crippen LogP contribution in [0.5, 0.6) is 0 Å². The maximum absolute atomic E-state index is 12.0. The summed E-state index contributed by atoms with van der Waals surface area (Å²) in [6.45, 7) is 7.47. The number of carbonyl (C=O) groups excluding carboxylic acids is 1. The number of rotatable bonds is 4. The Morgan fingerprint density at radius 2 is 2.00 bits per heavy atom. The molecule has 24 heavy (non-hydrogen) atoms. The van der Waals surface area contributed by atoms with Crippen molar-refractivity contribution in [3.05, 3.63) is 47.5 Å². The molecule has 1 heterocycles. The number of hydrogen-bond donors (Lipinski definition) is 0. The SMILES string of the molecule is C=C(CC1C[C@@H]2CC3(OCCO3)[C@H]1c1ccccc12)C(=O)OCC. The molecule has 1 aliphatic heterocycles. The van der Waals surface area contributed by atoms with Gasteiger partial charge in [-0.3, -0.25) is 0 Å². The average molecular weight is 328 g/mol. The Bertz CT molecular complexity index is 659. The molecule has 1 aromatic carbocycles. The highest BCUT2D eigenvalue weighted by Gasteiger charge is 2.57. The first-order valence-electron chi connectivity index (χ1n) is 8.86. The lowest BCUT2D eigenvalue weighted by Crippen LogP contribution is -2.50. The number of benzene rings is 1. The van der Waals surface area contributed by atoms with Crippen LogP contribution in [0.15, 0.2) is 36.4 Å². The van der Waals surface area contributed by atoms with E-state index in [4.69, 9.17) is 14.2 Å². The summed E-state index contributed by atoms with van der Waals surface area (Å²) < 4.78 is 17.4. The third kappa shape index (κ3) is 2.40. The number of esters is 1. The first kappa shape index (κ1) is 15.9. The molecule has 2 fully saturated rings. The summed E-state index contributed by atoms with van der Waals surface area (Å²) in [6, 6.07) is 8.61. The Morgan fingerprint density at radius 3 is 2.71 bits per heavy atom. The molecular weight excluding hydrogens is 304 g/mol. The number of ether oxygens (including phenoxy) is 3. The molecule has 1 saturated carbocycles. The van der Waals surface area contributed by atoms with E-state index in [0.29, 0.717) is 43.7 Å². The third-order valence-electron chi connectivity index (χ3n) is 5.68. The van der Waals surface area contributed by atoms with Crippen LogP contribution < -0.4 is 0 Å². The molecule has 1 spiro atoms. The molecule has 0 aromatic heterocycles. The zero-order valence-corrected chi connectivity index (χ0v) is 14.1. The number of hydrogen-bond acceptors (Lipinski definition) is 4. The van der Waals surface area contributed by atoms with Crippen molar-refractivity contribution in [3.63, 3.8) is 0 Å². The molecule has 0 amide bonds. The molecule has 1 saturated heterocycles. The van der Waals surface area contributed by atoms with Crippen LogP contribution in [0.4, 0.5) is 0 Å². The van der Waals surface area contributed by atoms with Gasteiger partial charge in [-0.15, -0.1) is 0 Å². The smallest absolute Gasteiger partial charge is 0.333 e. The highest BCUT2D eigenvalue weighted by Crippen LogP contribution is 2.60. The van der Waals surface area contributed by atoms with Gasteiger partial charge in [0.2, 0.25) is 0 Å². The molecule has 5 rings (SSSR count). The van der Waals surface area contributed by atoms with Crippen molar-refractivity contribution >= 4 is 5.97 Å². The summed E-state index contributed by atoms with van der Waals surface area (Å²) in [7, 11) is 0. The maximum atomic E-state index is 12.0. The van der Waals surface area contributed by atoms with E-state index in [-0.39, 0.29) is 11.9 Å². The first-order valence-corrected chi connectivity index (χ1v) is 8.86. The molecule has 0 N–H and O–H groups in total. The maximum Gasteiger partial charge on any atom is 0.333 e. The van der Waals surface area contributed by atoms with Crippen LogP contribution in [-0.4, -0.2) is 31.6 Å². The van der Waals surface area contributed by atoms with Gasteiger partial charge in [-0.25, -0.2) is 4.79 Å². The Kier molecular flexibility index (Phi) is 3.97. The molecule has 4 heteroatoms. The van der Waals surface area contributed by atoms with Gasteiger partial charge in [0.05, 0.1) is 19.8 Å². The summed E-state index contributed by atoms with van der Waals surface area (Å²) >= 11 is 0. The van der Waals surface area contributed by atoms with Crippen molar-refractivity contribution in [1.82, 2.24) is 0 Å². The van der Waals surface area contributed by atoms with E-state index >= 15 is 0 Å². The Hall–Kier alpha value is -1.65. The quantitative estimate of drug-likeness (QED) is 0.626. The predicted octanol–water partition coefficient (Wildman–Crippen LogP) is 3.53. The second-order valence-electron chi connectivity index (χ2n) is 7.04. The van der Waals surface area contributed by atoms with Crippen molar-refractivity contribution in [2.45, 2.75) is 43.8 Å². The van der Waals surface area contributed by atoms with Gasteiger partial charge in [-0.05, 0) is 42.7 Å². The molecule has 2 bridgehead atoms. The minimum absolute atomic E-state index is 0.160. The van der Waals surface area contributed by atoms with E-state index in [0.717, 1.165) is 12.8 Å². The molecule has 128 valence electrons. The molecule has 1 aromatic rings. The van der Waals surface area contributed by atoms with Crippen molar-refractivity contribution in [2.24, 2.45) is 5.92 Å². The standard InChI is InChI=1S/C20H24O4/c1-3-22-19(21)13(2)10-14-11-15-12-20(23-8-9-24-20)18(14)17-7-5-4-6-16(15)17/h4-7,14-15,18H,2-3,8-12H2,1H3/t14?,15-,18-/m1/s1. The second kappa shape index (κ2) is 6.01. The zero-order chi connectivity index (χ0) is 16.7. The predicted molar refractivity (Wildman–Crippen MR) is 89.7 cm³/mol. The summed E-state index contributed by atoms with van der Waals surface area (Å²) in [4.78, 5) is 12.0. The Labute approximate surface area is 142 Å². The van der Waals surface area contributed by atoms with Crippen molar-refractivity contribution < 1.29 is 19.0 Å². The first-order chi connectivity index (χ1) is 11.6. The summed E-state index contributed by atoms with van der Waals surface area (Å²) in [5.41, 5.74) is 3.30. The third-order valence-corrected chi connectivity index (χ3v) is 5.68. The van der Waals surface area contributed by atoms with Crippen molar-refractivity contribution in [1.29, 1.82) is 0 Å². The average Bonchev–Trinajstić information content (AvgIpc) is 3.03. The fraction of sp³-hybridized carbons (Fsp3) is 0.550. The Morgan fingerprint density at radius 1 is 1.29 bits per heavy atom. The van der Waals surface area contributed by atoms with E-state index in [1.807, 2.05) is 6.92 Å². The van der Waals surface area contributed by atoms with E-state index in [1.165, 1.54) is 11.1 Å². The van der Waals surface area contributed by atoms with Crippen LogP contribution >= 0.6 is 0 Å². The van der Waals surface area contributed by atoms with Crippen LogP contribution in [0.3, 0.4) is 0 Å². The molecule has 0 radical (unpaired) electrons. The second-order valence-corrected chi connectivity index (χ2v) is 7.04. The fourth-order valence-electron chi connectivity index (χ4n) is 4.91. The normalized spacial score (nSPS) is 29.5. The van der Waals surface area contributed by atoms with Gasteiger partial charge in [-0.2, -0.15) is 0 Å². The lowest BCUT2D eigenvalue weighted by molar-refractivity contribution is -0.212. The van der Waals surface area contributed by atoms with Gasteiger partial charge < -0.3 is 14.2 Å². The largest absolute Gasteiger partial charge is 0.463 e. The minimum atomic E-state index is -0.517. The lowest BCUT2D eigenvalue weighted by Gasteiger charge is -2.53. The van der Waals surface area contributed by atoms with Crippen molar-refractivity contribution in [2.75, 3.05) is 19.8 Å². The number of carbonyl (C=O) groups is 1. The highest BCUT2D eigenvalue weighted by atomic mass is 16.7. The van der Waals surface area contributed by atoms with Gasteiger partial charge in [0.25, 0.3) is 0 Å². The monoisotopic (exact) mass is 328 g/mol. The van der Waals surface area contributed by atoms with Gasteiger partial charge >= 0.3 is 5.97 Å². The molecule has 4 nitrogen and oxygen atoms in total. The van der Waals surface area contributed by atoms with Crippen LogP contribution in [0, 0.1) is 5.92 Å². The summed E-state index contributed by atoms with van der Waals surface area (Å²) in [5.74, 6) is 0.0801. The number of fused-ring (bicyclic) bond motifs is 1. The van der Waals surface area contributed by atoms with Gasteiger partial charge in [-0.1, -0.05) is 30.8 Å². The van der Waals surface area contributed by atoms with Crippen molar-refractivity contribution in [3.8, 4) is 0 Å². The van der Waals surface area contributed by atoms with E-state index < -0.39 is 5.79 Å². The molecule has 1 unspecified atom stereocenters. The van der Waals surface area contributed by atoms with E-state index in [2.05, 4.69) is 30.8 Å². The van der Waals surface area contributed by atoms with Crippen LogP contribution in [0.1, 0.15) is 49.1 Å². The van der Waals surface area contributed by atoms with Gasteiger partial charge in [0.1, 0.15) is 0 Å². The summed E-state index contributed by atoms with van der Waals surface area (Å²) in [5, 5.41) is 0. The molecule has 3 atom stereocenters. The highest BCUT2D eigenvalue weighted by molar-refractivity contribution is 5.87. The van der Waals surface area contributed by atoms with Crippen LogP contribution in [0.2, 0.25) is 0 Å². The molecule has 3 aliphatic carbocycles. The summed E-state index contributed by atoms with van der Waals surface area (Å²) in [6.07, 6.45) is 2.61. The van der Waals surface area contributed by atoms with Crippen LogP contribution in [-0.2, 0) is 19.0 Å². The Balaban J connectivity index is 1.65. The minimum Gasteiger partial charge on any atom is -0.463 e. The van der Waals surface area contributed by atoms with Gasteiger partial charge in [0.15, 0.2) is 5.79 Å². The van der Waals surface area contributed by atoms with Crippen LogP contribution in [0.25, 0.3) is 0 Å². The van der Waals surface area contributed by atoms with E-state index in [9.17, 15) is 4.79 Å². The van der Waals surface area contributed by atoms with Gasteiger partial charge in [0, 0.05) is 17.9 Å². The molecule has 4 aliphatic rings. The fourth-order valence-corrected chi connectivity index (χ4v) is 4.91. The lowest BCUT2D eigenvalue weighted by atomic mass is 9.57. The zero-order valence-electron chi connectivity index (χ0n) is 14.1.